The minimum atomic E-state index is -0.620. The lowest BCUT2D eigenvalue weighted by Crippen LogP contribution is -2.19. The van der Waals surface area contributed by atoms with Crippen molar-refractivity contribution < 1.29 is 9.90 Å². The Kier molecular flexibility index (Phi) is 2.17. The number of carbonyl (C=O) groups is 1. The summed E-state index contributed by atoms with van der Waals surface area (Å²) in [6.07, 6.45) is 0. The normalized spacial score (nSPS) is 10.1. The number of fused-ring (bicyclic) bond motifs is 1. The highest BCUT2D eigenvalue weighted by molar-refractivity contribution is 6.03. The summed E-state index contributed by atoms with van der Waals surface area (Å²) in [5.74, 6) is 0.181. The van der Waals surface area contributed by atoms with E-state index in [4.69, 9.17) is 5.73 Å². The summed E-state index contributed by atoms with van der Waals surface area (Å²) in [6, 6.07) is 9.74. The molecular formula is C11H10N2O2. The van der Waals surface area contributed by atoms with Gasteiger partial charge in [-0.15, -0.1) is 0 Å². The van der Waals surface area contributed by atoms with Gasteiger partial charge in [-0.3, -0.25) is 0 Å². The van der Waals surface area contributed by atoms with Crippen molar-refractivity contribution in [2.75, 3.05) is 5.32 Å². The molecule has 0 saturated heterocycles. The highest BCUT2D eigenvalue weighted by atomic mass is 16.3. The van der Waals surface area contributed by atoms with Crippen LogP contribution in [0.2, 0.25) is 0 Å². The number of anilines is 1. The molecule has 0 unspecified atom stereocenters. The second-order valence-electron chi connectivity index (χ2n) is 3.17. The van der Waals surface area contributed by atoms with Gasteiger partial charge in [-0.1, -0.05) is 24.3 Å². The lowest BCUT2D eigenvalue weighted by molar-refractivity contribution is 0.259. The van der Waals surface area contributed by atoms with Crippen LogP contribution in [0.1, 0.15) is 0 Å². The van der Waals surface area contributed by atoms with E-state index in [1.165, 1.54) is 6.07 Å². The Hall–Kier alpha value is -2.23. The molecule has 0 aliphatic heterocycles. The van der Waals surface area contributed by atoms with E-state index in [1.807, 2.05) is 12.1 Å². The molecule has 0 saturated carbocycles. The third-order valence-corrected chi connectivity index (χ3v) is 2.16. The molecule has 2 amide bonds. The quantitative estimate of drug-likeness (QED) is 0.619. The number of nitrogens with two attached hydrogens (primary N) is 1. The molecule has 0 heterocycles. The van der Waals surface area contributed by atoms with Crippen molar-refractivity contribution in [2.24, 2.45) is 5.73 Å². The van der Waals surface area contributed by atoms with Crippen LogP contribution in [-0.2, 0) is 0 Å². The number of rotatable bonds is 1. The fourth-order valence-corrected chi connectivity index (χ4v) is 1.52. The Morgan fingerprint density at radius 2 is 1.80 bits per heavy atom. The van der Waals surface area contributed by atoms with Crippen LogP contribution in [0, 0.1) is 0 Å². The highest BCUT2D eigenvalue weighted by Crippen LogP contribution is 2.30. The van der Waals surface area contributed by atoms with Crippen molar-refractivity contribution in [1.29, 1.82) is 0 Å². The maximum Gasteiger partial charge on any atom is 0.316 e. The van der Waals surface area contributed by atoms with Crippen molar-refractivity contribution in [2.45, 2.75) is 0 Å². The molecule has 4 N–H and O–H groups in total. The third-order valence-electron chi connectivity index (χ3n) is 2.16. The Morgan fingerprint density at radius 3 is 2.47 bits per heavy atom. The molecule has 4 heteroatoms. The lowest BCUT2D eigenvalue weighted by Gasteiger charge is -2.07. The SMILES string of the molecule is NC(=O)Nc1ccc(O)c2ccccc12. The van der Waals surface area contributed by atoms with Gasteiger partial charge < -0.3 is 16.2 Å². The Bertz CT molecular complexity index is 523. The smallest absolute Gasteiger partial charge is 0.316 e. The van der Waals surface area contributed by atoms with Crippen molar-refractivity contribution >= 4 is 22.5 Å². The summed E-state index contributed by atoms with van der Waals surface area (Å²) in [7, 11) is 0. The van der Waals surface area contributed by atoms with Gasteiger partial charge in [0.05, 0.1) is 5.69 Å². The maximum atomic E-state index is 10.7. The number of nitrogens with one attached hydrogen (secondary N) is 1. The first-order chi connectivity index (χ1) is 7.18. The Morgan fingerprint density at radius 1 is 1.13 bits per heavy atom. The van der Waals surface area contributed by atoms with Gasteiger partial charge in [0.25, 0.3) is 0 Å². The van der Waals surface area contributed by atoms with E-state index in [-0.39, 0.29) is 5.75 Å². The maximum absolute atomic E-state index is 10.7. The Labute approximate surface area is 86.3 Å². The predicted octanol–water partition coefficient (Wildman–Crippen LogP) is 2.04. The van der Waals surface area contributed by atoms with Crippen LogP contribution in [0.25, 0.3) is 10.8 Å². The van der Waals surface area contributed by atoms with Crippen LogP contribution in [0.4, 0.5) is 10.5 Å². The van der Waals surface area contributed by atoms with E-state index in [0.29, 0.717) is 11.1 Å². The fraction of sp³-hybridized carbons (Fsp3) is 0. The molecule has 2 aromatic rings. The molecule has 0 aromatic heterocycles. The van der Waals surface area contributed by atoms with Crippen LogP contribution < -0.4 is 11.1 Å². The van der Waals surface area contributed by atoms with Gasteiger partial charge in [0.2, 0.25) is 0 Å². The fourth-order valence-electron chi connectivity index (χ4n) is 1.52. The van der Waals surface area contributed by atoms with E-state index >= 15 is 0 Å². The average molecular weight is 202 g/mol. The minimum absolute atomic E-state index is 0.181. The van der Waals surface area contributed by atoms with Gasteiger partial charge in [0.15, 0.2) is 0 Å². The first-order valence-corrected chi connectivity index (χ1v) is 4.45. The summed E-state index contributed by atoms with van der Waals surface area (Å²) in [5, 5.41) is 13.5. The van der Waals surface area contributed by atoms with Crippen molar-refractivity contribution in [3.8, 4) is 5.75 Å². The van der Waals surface area contributed by atoms with E-state index < -0.39 is 6.03 Å². The minimum Gasteiger partial charge on any atom is -0.507 e. The Balaban J connectivity index is 2.66. The van der Waals surface area contributed by atoms with Gasteiger partial charge in [-0.05, 0) is 12.1 Å². The van der Waals surface area contributed by atoms with Crippen LogP contribution in [-0.4, -0.2) is 11.1 Å². The number of phenols is 1. The second kappa shape index (κ2) is 3.49. The molecule has 0 radical (unpaired) electrons. The number of carbonyl (C=O) groups excluding carboxylic acids is 1. The number of hydrogen-bond donors (Lipinski definition) is 3. The summed E-state index contributed by atoms with van der Waals surface area (Å²) < 4.78 is 0. The summed E-state index contributed by atoms with van der Waals surface area (Å²) in [4.78, 5) is 10.7. The molecule has 2 aromatic carbocycles. The third kappa shape index (κ3) is 1.69. The summed E-state index contributed by atoms with van der Waals surface area (Å²) in [6.45, 7) is 0. The van der Waals surface area contributed by atoms with Gasteiger partial charge >= 0.3 is 6.03 Å². The van der Waals surface area contributed by atoms with Gasteiger partial charge in [0, 0.05) is 10.8 Å². The molecule has 15 heavy (non-hydrogen) atoms. The number of benzene rings is 2. The van der Waals surface area contributed by atoms with Crippen molar-refractivity contribution in [3.05, 3.63) is 36.4 Å². The molecule has 4 nitrogen and oxygen atoms in total. The highest BCUT2D eigenvalue weighted by Gasteiger charge is 2.05. The summed E-state index contributed by atoms with van der Waals surface area (Å²) >= 11 is 0. The largest absolute Gasteiger partial charge is 0.507 e. The van der Waals surface area contributed by atoms with E-state index in [1.54, 1.807) is 18.2 Å². The molecule has 0 atom stereocenters. The number of aromatic hydroxyl groups is 1. The van der Waals surface area contributed by atoms with Crippen molar-refractivity contribution in [1.82, 2.24) is 0 Å². The van der Waals surface area contributed by atoms with E-state index in [0.717, 1.165) is 5.39 Å². The van der Waals surface area contributed by atoms with E-state index in [9.17, 15) is 9.90 Å². The van der Waals surface area contributed by atoms with Crippen LogP contribution in [0.5, 0.6) is 5.75 Å². The number of phenolic OH excluding ortho intramolecular Hbond substituents is 1. The van der Waals surface area contributed by atoms with Gasteiger partial charge in [-0.2, -0.15) is 0 Å². The molecule has 76 valence electrons. The van der Waals surface area contributed by atoms with Crippen molar-refractivity contribution in [3.63, 3.8) is 0 Å². The van der Waals surface area contributed by atoms with Gasteiger partial charge in [0.1, 0.15) is 5.75 Å². The zero-order chi connectivity index (χ0) is 10.8. The van der Waals surface area contributed by atoms with Crippen LogP contribution in [0.15, 0.2) is 36.4 Å². The molecule has 0 aliphatic rings. The number of amides is 2. The summed E-state index contributed by atoms with van der Waals surface area (Å²) in [5.41, 5.74) is 5.63. The molecule has 0 spiro atoms. The second-order valence-corrected chi connectivity index (χ2v) is 3.17. The molecular weight excluding hydrogens is 192 g/mol. The molecule has 0 fully saturated rings. The number of hydrogen-bond acceptors (Lipinski definition) is 2. The topological polar surface area (TPSA) is 75.4 Å². The number of urea groups is 1. The molecule has 2 rings (SSSR count). The molecule has 0 aliphatic carbocycles. The molecule has 0 bridgehead atoms. The van der Waals surface area contributed by atoms with E-state index in [2.05, 4.69) is 5.32 Å². The average Bonchev–Trinajstić information content (AvgIpc) is 2.22. The number of primary amides is 1. The van der Waals surface area contributed by atoms with Crippen LogP contribution in [0.3, 0.4) is 0 Å². The predicted molar refractivity (Wildman–Crippen MR) is 58.8 cm³/mol. The standard InChI is InChI=1S/C11H10N2O2/c12-11(15)13-9-5-6-10(14)8-4-2-1-3-7(8)9/h1-6,14H,(H3,12,13,15). The van der Waals surface area contributed by atoms with Crippen LogP contribution >= 0.6 is 0 Å². The zero-order valence-corrected chi connectivity index (χ0v) is 7.90. The monoisotopic (exact) mass is 202 g/mol. The van der Waals surface area contributed by atoms with Gasteiger partial charge in [-0.25, -0.2) is 4.79 Å². The first kappa shape index (κ1) is 9.33. The lowest BCUT2D eigenvalue weighted by atomic mass is 10.1. The zero-order valence-electron chi connectivity index (χ0n) is 7.90. The first-order valence-electron chi connectivity index (χ1n) is 4.45.